The fourth-order valence-corrected chi connectivity index (χ4v) is 4.13. The maximum atomic E-state index is 13.6. The topological polar surface area (TPSA) is 137 Å². The van der Waals surface area contributed by atoms with Gasteiger partial charge in [-0.3, -0.25) is 14.4 Å². The molecule has 6 N–H and O–H groups in total. The van der Waals surface area contributed by atoms with Gasteiger partial charge in [0.15, 0.2) is 0 Å². The average Bonchev–Trinajstić information content (AvgIpc) is 3.54. The normalized spacial score (nSPS) is 21.9. The van der Waals surface area contributed by atoms with Crippen LogP contribution in [-0.4, -0.2) is 58.0 Å². The quantitative estimate of drug-likeness (QED) is 0.380. The Morgan fingerprint density at radius 1 is 1.11 bits per heavy atom. The molecule has 1 saturated heterocycles. The molecule has 0 bridgehead atoms. The van der Waals surface area contributed by atoms with E-state index in [1.165, 1.54) is 4.90 Å². The van der Waals surface area contributed by atoms with E-state index in [2.05, 4.69) is 16.0 Å². The number of rotatable bonds is 8. The first-order chi connectivity index (χ1) is 16.3. The van der Waals surface area contributed by atoms with Gasteiger partial charge in [-0.1, -0.05) is 39.0 Å². The number of amides is 3. The first-order valence-electron chi connectivity index (χ1n) is 12.2. The van der Waals surface area contributed by atoms with E-state index in [0.29, 0.717) is 17.3 Å². The minimum Gasteiger partial charge on any atom is -0.401 e. The molecule has 3 rings (SSSR count). The van der Waals surface area contributed by atoms with Crippen molar-refractivity contribution in [2.75, 3.05) is 11.9 Å². The van der Waals surface area contributed by atoms with Gasteiger partial charge in [-0.2, -0.15) is 0 Å². The van der Waals surface area contributed by atoms with E-state index < -0.39 is 35.0 Å². The summed E-state index contributed by atoms with van der Waals surface area (Å²) in [6.07, 6.45) is 3.07. The fourth-order valence-electron chi connectivity index (χ4n) is 4.13. The summed E-state index contributed by atoms with van der Waals surface area (Å²) in [5.74, 6) is -0.803. The van der Waals surface area contributed by atoms with E-state index in [1.54, 1.807) is 44.3 Å². The van der Waals surface area contributed by atoms with Crippen molar-refractivity contribution in [2.45, 2.75) is 77.6 Å². The minimum absolute atomic E-state index is 0.0453. The first-order valence-corrected chi connectivity index (χ1v) is 12.2. The lowest BCUT2D eigenvalue weighted by atomic mass is 9.85. The molecular formula is C26H39N5O4. The molecule has 3 unspecified atom stereocenters. The number of allylic oxidation sites excluding steroid dienone is 1. The molecular weight excluding hydrogens is 446 g/mol. The van der Waals surface area contributed by atoms with Gasteiger partial charge in [0.1, 0.15) is 17.6 Å². The third-order valence-corrected chi connectivity index (χ3v) is 6.48. The summed E-state index contributed by atoms with van der Waals surface area (Å²) >= 11 is 0. The second-order valence-electron chi connectivity index (χ2n) is 11.2. The summed E-state index contributed by atoms with van der Waals surface area (Å²) < 4.78 is 0. The second kappa shape index (κ2) is 10.3. The van der Waals surface area contributed by atoms with E-state index in [0.717, 1.165) is 12.8 Å². The number of β-amino-alcohol motifs (C(OH)–C–C–N with tert-alkyl or cyclic N) is 1. The highest BCUT2D eigenvalue weighted by Crippen LogP contribution is 2.33. The maximum Gasteiger partial charge on any atom is 0.249 e. The zero-order chi connectivity index (χ0) is 26.0. The predicted molar refractivity (Wildman–Crippen MR) is 135 cm³/mol. The van der Waals surface area contributed by atoms with Gasteiger partial charge in [0.25, 0.3) is 0 Å². The van der Waals surface area contributed by atoms with Crippen LogP contribution in [0.3, 0.4) is 0 Å². The minimum atomic E-state index is -1.24. The molecule has 1 saturated carbocycles. The number of hydrogen-bond donors (Lipinski definition) is 5. The van der Waals surface area contributed by atoms with Gasteiger partial charge in [0, 0.05) is 30.5 Å². The molecule has 1 aromatic carbocycles. The van der Waals surface area contributed by atoms with Gasteiger partial charge in [-0.25, -0.2) is 0 Å². The van der Waals surface area contributed by atoms with E-state index in [4.69, 9.17) is 5.73 Å². The highest BCUT2D eigenvalue weighted by atomic mass is 16.3. The molecule has 1 aliphatic heterocycles. The summed E-state index contributed by atoms with van der Waals surface area (Å²) in [6.45, 7) is 9.05. The number of aliphatic hydroxyl groups excluding tert-OH is 1. The zero-order valence-electron chi connectivity index (χ0n) is 21.3. The molecule has 1 aromatic rings. The van der Waals surface area contributed by atoms with Gasteiger partial charge >= 0.3 is 0 Å². The van der Waals surface area contributed by atoms with Crippen molar-refractivity contribution in [3.8, 4) is 0 Å². The number of hydrogen-bond acceptors (Lipinski definition) is 6. The largest absolute Gasteiger partial charge is 0.401 e. The standard InChI is InChI=1S/C26H39N5O4/c1-25(2,3)21(28-14-19(27)16-11-12-16)23(34)31-15-18(32)13-20(31)22(33)30-26(4,5)24(35)29-17-9-7-6-8-10-17/h6-10,14,16,18,20-21,28,32H,11-13,15,27H2,1-5H3,(H,29,35)(H,30,33)/b19-14-. The Balaban J connectivity index is 1.72. The molecule has 1 aliphatic carbocycles. The lowest BCUT2D eigenvalue weighted by Crippen LogP contribution is -2.59. The van der Waals surface area contributed by atoms with Gasteiger partial charge in [-0.15, -0.1) is 0 Å². The van der Waals surface area contributed by atoms with Crippen molar-refractivity contribution in [2.24, 2.45) is 17.1 Å². The Morgan fingerprint density at radius 2 is 1.74 bits per heavy atom. The number of benzene rings is 1. The molecule has 0 spiro atoms. The molecule has 192 valence electrons. The van der Waals surface area contributed by atoms with Crippen LogP contribution in [0, 0.1) is 11.3 Å². The van der Waals surface area contributed by atoms with Crippen LogP contribution in [0.2, 0.25) is 0 Å². The van der Waals surface area contributed by atoms with Crippen molar-refractivity contribution >= 4 is 23.4 Å². The Labute approximate surface area is 207 Å². The highest BCUT2D eigenvalue weighted by molar-refractivity contribution is 6.01. The maximum absolute atomic E-state index is 13.6. The summed E-state index contributed by atoms with van der Waals surface area (Å²) in [7, 11) is 0. The number of aliphatic hydroxyl groups is 1. The SMILES string of the molecule is CC(C)(NC(=O)C1CC(O)CN1C(=O)C(N/C=C(\N)C1CC1)C(C)(C)C)C(=O)Nc1ccccc1. The molecule has 2 aliphatic rings. The number of nitrogens with one attached hydrogen (secondary N) is 3. The summed E-state index contributed by atoms with van der Waals surface area (Å²) in [5.41, 5.74) is 5.73. The molecule has 0 radical (unpaired) electrons. The summed E-state index contributed by atoms with van der Waals surface area (Å²) in [5, 5.41) is 19.1. The van der Waals surface area contributed by atoms with Crippen molar-refractivity contribution in [3.05, 3.63) is 42.2 Å². The second-order valence-corrected chi connectivity index (χ2v) is 11.2. The molecule has 1 heterocycles. The number of nitrogens with zero attached hydrogens (tertiary/aromatic N) is 1. The average molecular weight is 486 g/mol. The third-order valence-electron chi connectivity index (χ3n) is 6.48. The van der Waals surface area contributed by atoms with Crippen LogP contribution >= 0.6 is 0 Å². The van der Waals surface area contributed by atoms with Gasteiger partial charge in [-0.05, 0) is 50.2 Å². The van der Waals surface area contributed by atoms with E-state index in [1.807, 2.05) is 26.8 Å². The Bertz CT molecular complexity index is 966. The Morgan fingerprint density at radius 3 is 2.31 bits per heavy atom. The predicted octanol–water partition coefficient (Wildman–Crippen LogP) is 1.70. The van der Waals surface area contributed by atoms with Crippen molar-refractivity contribution in [1.82, 2.24) is 15.5 Å². The first kappa shape index (κ1) is 26.5. The van der Waals surface area contributed by atoms with Crippen molar-refractivity contribution in [3.63, 3.8) is 0 Å². The highest BCUT2D eigenvalue weighted by Gasteiger charge is 2.45. The van der Waals surface area contributed by atoms with Crippen LogP contribution in [0.4, 0.5) is 5.69 Å². The van der Waals surface area contributed by atoms with Crippen LogP contribution in [0.15, 0.2) is 42.2 Å². The number of carbonyl (C=O) groups is 3. The monoisotopic (exact) mass is 485 g/mol. The smallest absolute Gasteiger partial charge is 0.249 e. The van der Waals surface area contributed by atoms with Crippen LogP contribution in [0.1, 0.15) is 53.9 Å². The van der Waals surface area contributed by atoms with Crippen molar-refractivity contribution in [1.29, 1.82) is 0 Å². The number of carbonyl (C=O) groups excluding carboxylic acids is 3. The number of para-hydroxylation sites is 1. The number of likely N-dealkylation sites (tertiary alicyclic amines) is 1. The molecule has 9 heteroatoms. The van der Waals surface area contributed by atoms with Gasteiger partial charge in [0.05, 0.1) is 6.10 Å². The van der Waals surface area contributed by atoms with Crippen LogP contribution < -0.4 is 21.7 Å². The van der Waals surface area contributed by atoms with E-state index >= 15 is 0 Å². The number of anilines is 1. The van der Waals surface area contributed by atoms with Crippen LogP contribution in [0.25, 0.3) is 0 Å². The molecule has 3 amide bonds. The van der Waals surface area contributed by atoms with Crippen molar-refractivity contribution < 1.29 is 19.5 Å². The Hall–Kier alpha value is -3.07. The Kier molecular flexibility index (Phi) is 7.79. The van der Waals surface area contributed by atoms with Crippen LogP contribution in [-0.2, 0) is 14.4 Å². The van der Waals surface area contributed by atoms with Crippen LogP contribution in [0.5, 0.6) is 0 Å². The van der Waals surface area contributed by atoms with Gasteiger partial charge < -0.3 is 31.7 Å². The van der Waals surface area contributed by atoms with E-state index in [9.17, 15) is 19.5 Å². The zero-order valence-corrected chi connectivity index (χ0v) is 21.3. The lowest BCUT2D eigenvalue weighted by Gasteiger charge is -2.36. The summed E-state index contributed by atoms with van der Waals surface area (Å²) in [4.78, 5) is 41.1. The third kappa shape index (κ3) is 6.75. The number of nitrogens with two attached hydrogens (primary N) is 1. The molecule has 9 nitrogen and oxygen atoms in total. The van der Waals surface area contributed by atoms with Gasteiger partial charge in [0.2, 0.25) is 17.7 Å². The molecule has 2 fully saturated rings. The summed E-state index contributed by atoms with van der Waals surface area (Å²) in [6, 6.07) is 7.43. The molecule has 3 atom stereocenters. The molecule has 0 aromatic heterocycles. The molecule has 35 heavy (non-hydrogen) atoms. The lowest BCUT2D eigenvalue weighted by molar-refractivity contribution is -0.143. The van der Waals surface area contributed by atoms with E-state index in [-0.39, 0.29) is 24.8 Å². The fraction of sp³-hybridized carbons (Fsp3) is 0.577.